The Kier molecular flexibility index (Phi) is 5.07. The molecule has 10 nitrogen and oxygen atoms in total. The summed E-state index contributed by atoms with van der Waals surface area (Å²) in [6, 6.07) is 6.66. The highest BCUT2D eigenvalue weighted by Gasteiger charge is 2.63. The summed E-state index contributed by atoms with van der Waals surface area (Å²) in [6.45, 7) is 1.23. The zero-order chi connectivity index (χ0) is 19.6. The molecule has 0 atom stereocenters. The highest BCUT2D eigenvalue weighted by molar-refractivity contribution is 6.36. The fourth-order valence-corrected chi connectivity index (χ4v) is 2.68. The number of benzene rings is 1. The molecule has 26 heavy (non-hydrogen) atoms. The topological polar surface area (TPSA) is 120 Å². The van der Waals surface area contributed by atoms with Crippen LogP contribution in [0.1, 0.15) is 17.3 Å². The Bertz CT molecular complexity index is 767. The van der Waals surface area contributed by atoms with E-state index >= 15 is 0 Å². The molecule has 1 aliphatic heterocycles. The van der Waals surface area contributed by atoms with Gasteiger partial charge in [-0.25, -0.2) is 4.79 Å². The number of hydrogen-bond donors (Lipinski definition) is 1. The van der Waals surface area contributed by atoms with Crippen LogP contribution in [0.15, 0.2) is 35.5 Å². The van der Waals surface area contributed by atoms with Crippen molar-refractivity contribution in [1.29, 1.82) is 0 Å². The lowest BCUT2D eigenvalue weighted by Crippen LogP contribution is -2.76. The average molecular weight is 362 g/mol. The Hall–Kier alpha value is -3.27. The van der Waals surface area contributed by atoms with Gasteiger partial charge in [0.25, 0.3) is 23.3 Å². The lowest BCUT2D eigenvalue weighted by atomic mass is 9.87. The molecule has 2 rings (SSSR count). The van der Waals surface area contributed by atoms with Crippen LogP contribution in [-0.4, -0.2) is 76.3 Å². The molecular formula is C16H18N4O6. The first kappa shape index (κ1) is 19.1. The van der Waals surface area contributed by atoms with Crippen molar-refractivity contribution in [3.63, 3.8) is 0 Å². The third-order valence-corrected chi connectivity index (χ3v) is 4.08. The van der Waals surface area contributed by atoms with Gasteiger partial charge in [-0.05, 0) is 19.1 Å². The zero-order valence-corrected chi connectivity index (χ0v) is 14.7. The van der Waals surface area contributed by atoms with Gasteiger partial charge in [0.15, 0.2) is 0 Å². The average Bonchev–Trinajstić information content (AvgIpc) is 2.65. The molecule has 1 aromatic rings. The lowest BCUT2D eigenvalue weighted by Gasteiger charge is -2.44. The molecule has 0 aliphatic carbocycles. The molecule has 0 aromatic heterocycles. The quantitative estimate of drug-likeness (QED) is 0.357. The molecule has 0 bridgehead atoms. The van der Waals surface area contributed by atoms with E-state index in [2.05, 4.69) is 9.99 Å². The number of imide groups is 2. The molecule has 1 N–H and O–H groups in total. The second-order valence-corrected chi connectivity index (χ2v) is 5.56. The molecule has 0 radical (unpaired) electrons. The SMILES string of the molecule is CO/N=C(\C)C1(N(O)C(=O)c2ccccc2)C(=O)N(C)C(=O)N(C)C1=O. The van der Waals surface area contributed by atoms with Gasteiger partial charge in [-0.1, -0.05) is 23.4 Å². The highest BCUT2D eigenvalue weighted by Crippen LogP contribution is 2.28. The van der Waals surface area contributed by atoms with E-state index in [1.54, 1.807) is 18.2 Å². The van der Waals surface area contributed by atoms with E-state index < -0.39 is 29.3 Å². The van der Waals surface area contributed by atoms with E-state index in [0.29, 0.717) is 9.80 Å². The van der Waals surface area contributed by atoms with Gasteiger partial charge in [0, 0.05) is 19.7 Å². The van der Waals surface area contributed by atoms with Gasteiger partial charge in [-0.2, -0.15) is 5.06 Å². The number of amides is 5. The van der Waals surface area contributed by atoms with Crippen LogP contribution in [-0.2, 0) is 14.4 Å². The predicted octanol–water partition coefficient (Wildman–Crippen LogP) is 0.330. The summed E-state index contributed by atoms with van der Waals surface area (Å²) in [5.41, 5.74) is -2.85. The Morgan fingerprint density at radius 3 is 2.08 bits per heavy atom. The van der Waals surface area contributed by atoms with Crippen molar-refractivity contribution in [3.05, 3.63) is 35.9 Å². The molecule has 1 saturated heterocycles. The summed E-state index contributed by atoms with van der Waals surface area (Å²) >= 11 is 0. The fraction of sp³-hybridized carbons (Fsp3) is 0.312. The van der Waals surface area contributed by atoms with Crippen LogP contribution in [0.2, 0.25) is 0 Å². The van der Waals surface area contributed by atoms with Gasteiger partial charge in [-0.3, -0.25) is 29.4 Å². The van der Waals surface area contributed by atoms with Gasteiger partial charge in [-0.15, -0.1) is 0 Å². The van der Waals surface area contributed by atoms with Crippen LogP contribution < -0.4 is 0 Å². The summed E-state index contributed by atoms with van der Waals surface area (Å²) in [7, 11) is 3.43. The predicted molar refractivity (Wildman–Crippen MR) is 88.2 cm³/mol. The Morgan fingerprint density at radius 1 is 1.12 bits per heavy atom. The van der Waals surface area contributed by atoms with Gasteiger partial charge >= 0.3 is 6.03 Å². The molecular weight excluding hydrogens is 344 g/mol. The molecule has 1 heterocycles. The molecule has 1 aromatic carbocycles. The van der Waals surface area contributed by atoms with E-state index in [0.717, 1.165) is 14.1 Å². The number of oxime groups is 1. The van der Waals surface area contributed by atoms with Crippen LogP contribution in [0.5, 0.6) is 0 Å². The monoisotopic (exact) mass is 362 g/mol. The smallest absolute Gasteiger partial charge is 0.333 e. The van der Waals surface area contributed by atoms with E-state index in [-0.39, 0.29) is 16.3 Å². The molecule has 0 saturated carbocycles. The molecule has 10 heteroatoms. The lowest BCUT2D eigenvalue weighted by molar-refractivity contribution is -0.174. The normalized spacial score (nSPS) is 17.4. The second-order valence-electron chi connectivity index (χ2n) is 5.56. The summed E-state index contributed by atoms with van der Waals surface area (Å²) in [6.07, 6.45) is 0. The number of urea groups is 1. The van der Waals surface area contributed by atoms with Gasteiger partial charge in [0.1, 0.15) is 12.8 Å². The van der Waals surface area contributed by atoms with Crippen molar-refractivity contribution < 1.29 is 29.2 Å². The maximum Gasteiger partial charge on any atom is 0.333 e. The first-order chi connectivity index (χ1) is 12.2. The Balaban J connectivity index is 2.68. The number of barbiturate groups is 1. The molecule has 0 unspecified atom stereocenters. The number of carbonyl (C=O) groups excluding carboxylic acids is 4. The zero-order valence-electron chi connectivity index (χ0n) is 14.7. The van der Waals surface area contributed by atoms with Crippen LogP contribution in [0.3, 0.4) is 0 Å². The standard InChI is InChI=1S/C16H18N4O6/c1-10(17-26-4)16(13(22)18(2)15(24)19(3)14(16)23)20(25)12(21)11-8-6-5-7-9-11/h5-9,25H,1-4H3/b17-10+. The minimum Gasteiger partial charge on any atom is -0.399 e. The highest BCUT2D eigenvalue weighted by atomic mass is 16.6. The van der Waals surface area contributed by atoms with E-state index in [4.69, 9.17) is 0 Å². The van der Waals surface area contributed by atoms with Gasteiger partial charge < -0.3 is 4.84 Å². The summed E-state index contributed by atoms with van der Waals surface area (Å²) < 4.78 is 0. The first-order valence-electron chi connectivity index (χ1n) is 7.48. The minimum absolute atomic E-state index is 0.00963. The molecule has 1 aliphatic rings. The van der Waals surface area contributed by atoms with E-state index in [9.17, 15) is 24.4 Å². The van der Waals surface area contributed by atoms with Gasteiger partial charge in [0.2, 0.25) is 0 Å². The number of nitrogens with zero attached hydrogens (tertiary/aromatic N) is 4. The fourth-order valence-electron chi connectivity index (χ4n) is 2.68. The minimum atomic E-state index is -2.57. The van der Waals surface area contributed by atoms with Crippen LogP contribution in [0, 0.1) is 0 Å². The number of carbonyl (C=O) groups is 4. The summed E-state index contributed by atoms with van der Waals surface area (Å²) in [4.78, 5) is 56.3. The van der Waals surface area contributed by atoms with Crippen molar-refractivity contribution >= 4 is 29.5 Å². The summed E-state index contributed by atoms with van der Waals surface area (Å²) in [5.74, 6) is -3.28. The Labute approximate surface area is 149 Å². The summed E-state index contributed by atoms with van der Waals surface area (Å²) in [5, 5.41) is 14.2. The number of hydrogen-bond acceptors (Lipinski definition) is 7. The molecule has 1 fully saturated rings. The Morgan fingerprint density at radius 2 is 1.62 bits per heavy atom. The first-order valence-corrected chi connectivity index (χ1v) is 7.48. The molecule has 0 spiro atoms. The number of rotatable bonds is 4. The van der Waals surface area contributed by atoms with Crippen molar-refractivity contribution in [2.75, 3.05) is 21.2 Å². The van der Waals surface area contributed by atoms with Crippen LogP contribution in [0.4, 0.5) is 4.79 Å². The number of likely N-dealkylation sites (N-methyl/N-ethyl adjacent to an activating group) is 2. The molecule has 138 valence electrons. The number of hydroxylamine groups is 2. The van der Waals surface area contributed by atoms with Crippen LogP contribution in [0.25, 0.3) is 0 Å². The van der Waals surface area contributed by atoms with Crippen molar-refractivity contribution in [1.82, 2.24) is 14.9 Å². The van der Waals surface area contributed by atoms with Crippen molar-refractivity contribution in [3.8, 4) is 0 Å². The van der Waals surface area contributed by atoms with E-state index in [1.807, 2.05) is 0 Å². The maximum absolute atomic E-state index is 12.9. The van der Waals surface area contributed by atoms with Crippen LogP contribution >= 0.6 is 0 Å². The largest absolute Gasteiger partial charge is 0.399 e. The molecule has 5 amide bonds. The van der Waals surface area contributed by atoms with E-state index in [1.165, 1.54) is 26.2 Å². The van der Waals surface area contributed by atoms with Crippen molar-refractivity contribution in [2.45, 2.75) is 12.5 Å². The van der Waals surface area contributed by atoms with Crippen molar-refractivity contribution in [2.24, 2.45) is 5.16 Å². The maximum atomic E-state index is 12.9. The van der Waals surface area contributed by atoms with Gasteiger partial charge in [0.05, 0.1) is 0 Å². The third kappa shape index (κ3) is 2.60. The third-order valence-electron chi connectivity index (χ3n) is 4.08. The second kappa shape index (κ2) is 6.92.